The van der Waals surface area contributed by atoms with E-state index in [1.54, 1.807) is 30.3 Å². The number of rotatable bonds is 3. The number of carbonyl (C=O) groups is 2. The smallest absolute Gasteiger partial charge is 0.195 e. The Morgan fingerprint density at radius 2 is 0.967 bits per heavy atom. The van der Waals surface area contributed by atoms with Gasteiger partial charge in [0, 0.05) is 22.3 Å². The van der Waals surface area contributed by atoms with E-state index in [1.807, 2.05) is 54.6 Å². The summed E-state index contributed by atoms with van der Waals surface area (Å²) in [5, 5.41) is 0. The van der Waals surface area contributed by atoms with E-state index in [9.17, 15) is 9.59 Å². The van der Waals surface area contributed by atoms with Crippen molar-refractivity contribution in [1.82, 2.24) is 0 Å². The maximum absolute atomic E-state index is 13.2. The lowest BCUT2D eigenvalue weighted by Gasteiger charge is -2.19. The standard InChI is InChI=1S/C28H18O2/c29-27-23-14-6-7-15-24(23)28(30)26-21(12-8-16-25(26)27)18-17-20-11-4-5-13-22(20)19-9-2-1-3-10-19/h1-18H/b18-17+. The van der Waals surface area contributed by atoms with Gasteiger partial charge in [-0.15, -0.1) is 0 Å². The zero-order chi connectivity index (χ0) is 20.5. The van der Waals surface area contributed by atoms with Crippen LogP contribution in [0.5, 0.6) is 0 Å². The molecule has 142 valence electrons. The van der Waals surface area contributed by atoms with E-state index in [0.29, 0.717) is 22.3 Å². The summed E-state index contributed by atoms with van der Waals surface area (Å²) < 4.78 is 0. The Morgan fingerprint density at radius 3 is 1.73 bits per heavy atom. The lowest BCUT2D eigenvalue weighted by Crippen LogP contribution is -2.21. The largest absolute Gasteiger partial charge is 0.289 e. The molecule has 0 bridgehead atoms. The summed E-state index contributed by atoms with van der Waals surface area (Å²) in [6, 6.07) is 30.8. The van der Waals surface area contributed by atoms with Gasteiger partial charge < -0.3 is 0 Å². The van der Waals surface area contributed by atoms with Crippen molar-refractivity contribution in [3.05, 3.63) is 130 Å². The van der Waals surface area contributed by atoms with Gasteiger partial charge in [0.1, 0.15) is 0 Å². The van der Waals surface area contributed by atoms with E-state index in [1.165, 1.54) is 0 Å². The SMILES string of the molecule is O=C1c2ccccc2C(=O)c2c(/C=C/c3ccccc3-c3ccccc3)cccc21. The molecule has 0 unspecified atom stereocenters. The van der Waals surface area contributed by atoms with Crippen molar-refractivity contribution in [3.8, 4) is 11.1 Å². The third-order valence-electron chi connectivity index (χ3n) is 5.47. The predicted octanol–water partition coefficient (Wildman–Crippen LogP) is 6.30. The van der Waals surface area contributed by atoms with E-state index in [4.69, 9.17) is 0 Å². The molecule has 0 radical (unpaired) electrons. The van der Waals surface area contributed by atoms with Crippen LogP contribution in [0.1, 0.15) is 43.0 Å². The number of hydrogen-bond acceptors (Lipinski definition) is 2. The van der Waals surface area contributed by atoms with Gasteiger partial charge in [0.25, 0.3) is 0 Å². The first-order valence-electron chi connectivity index (χ1n) is 9.88. The summed E-state index contributed by atoms with van der Waals surface area (Å²) in [6.07, 6.45) is 3.94. The molecule has 4 aromatic rings. The topological polar surface area (TPSA) is 34.1 Å². The van der Waals surface area contributed by atoms with Crippen molar-refractivity contribution in [2.24, 2.45) is 0 Å². The molecule has 30 heavy (non-hydrogen) atoms. The van der Waals surface area contributed by atoms with Crippen LogP contribution in [0.25, 0.3) is 23.3 Å². The van der Waals surface area contributed by atoms with Gasteiger partial charge >= 0.3 is 0 Å². The van der Waals surface area contributed by atoms with Crippen molar-refractivity contribution < 1.29 is 9.59 Å². The van der Waals surface area contributed by atoms with Crippen molar-refractivity contribution in [2.75, 3.05) is 0 Å². The second-order valence-corrected chi connectivity index (χ2v) is 7.26. The minimum atomic E-state index is -0.100. The molecule has 0 N–H and O–H groups in total. The molecule has 0 fully saturated rings. The molecule has 0 saturated carbocycles. The molecular weight excluding hydrogens is 368 g/mol. The Morgan fingerprint density at radius 1 is 0.433 bits per heavy atom. The molecule has 0 heterocycles. The average Bonchev–Trinajstić information content (AvgIpc) is 2.82. The highest BCUT2D eigenvalue weighted by atomic mass is 16.1. The highest BCUT2D eigenvalue weighted by Crippen LogP contribution is 2.31. The fourth-order valence-electron chi connectivity index (χ4n) is 4.01. The Balaban J connectivity index is 1.60. The predicted molar refractivity (Wildman–Crippen MR) is 121 cm³/mol. The molecule has 1 aliphatic carbocycles. The minimum Gasteiger partial charge on any atom is -0.289 e. The van der Waals surface area contributed by atoms with Gasteiger partial charge in [-0.1, -0.05) is 109 Å². The average molecular weight is 386 g/mol. The molecule has 0 spiro atoms. The van der Waals surface area contributed by atoms with Gasteiger partial charge in [-0.25, -0.2) is 0 Å². The van der Waals surface area contributed by atoms with Crippen molar-refractivity contribution in [3.63, 3.8) is 0 Å². The van der Waals surface area contributed by atoms with Crippen LogP contribution in [0.4, 0.5) is 0 Å². The summed E-state index contributed by atoms with van der Waals surface area (Å²) in [5.74, 6) is -0.197. The van der Waals surface area contributed by atoms with Crippen molar-refractivity contribution in [1.29, 1.82) is 0 Å². The van der Waals surface area contributed by atoms with Crippen LogP contribution in [0.3, 0.4) is 0 Å². The third-order valence-corrected chi connectivity index (χ3v) is 5.47. The third kappa shape index (κ3) is 2.99. The van der Waals surface area contributed by atoms with Crippen LogP contribution in [-0.4, -0.2) is 11.6 Å². The van der Waals surface area contributed by atoms with Gasteiger partial charge in [0.15, 0.2) is 11.6 Å². The van der Waals surface area contributed by atoms with Crippen LogP contribution in [0.2, 0.25) is 0 Å². The van der Waals surface area contributed by atoms with Crippen LogP contribution < -0.4 is 0 Å². The van der Waals surface area contributed by atoms with E-state index >= 15 is 0 Å². The van der Waals surface area contributed by atoms with Crippen LogP contribution >= 0.6 is 0 Å². The molecule has 0 aromatic heterocycles. The minimum absolute atomic E-state index is 0.0971. The molecule has 5 rings (SSSR count). The fraction of sp³-hybridized carbons (Fsp3) is 0. The van der Waals surface area contributed by atoms with Gasteiger partial charge in [0.2, 0.25) is 0 Å². The maximum Gasteiger partial charge on any atom is 0.195 e. The van der Waals surface area contributed by atoms with Crippen LogP contribution in [0.15, 0.2) is 97.1 Å². The molecule has 0 aliphatic heterocycles. The molecule has 4 aromatic carbocycles. The Hall–Kier alpha value is -4.04. The summed E-state index contributed by atoms with van der Waals surface area (Å²) in [5.41, 5.74) is 5.96. The molecule has 2 nitrogen and oxygen atoms in total. The zero-order valence-electron chi connectivity index (χ0n) is 16.2. The van der Waals surface area contributed by atoms with Crippen molar-refractivity contribution >= 4 is 23.7 Å². The Kier molecular flexibility index (Phi) is 4.45. The van der Waals surface area contributed by atoms with Gasteiger partial charge in [0.05, 0.1) is 0 Å². The van der Waals surface area contributed by atoms with E-state index in [2.05, 4.69) is 24.3 Å². The van der Waals surface area contributed by atoms with E-state index in [0.717, 1.165) is 22.3 Å². The maximum atomic E-state index is 13.2. The molecule has 2 heteroatoms. The second kappa shape index (κ2) is 7.41. The molecule has 0 amide bonds. The van der Waals surface area contributed by atoms with Crippen LogP contribution in [-0.2, 0) is 0 Å². The summed E-state index contributed by atoms with van der Waals surface area (Å²) >= 11 is 0. The number of benzene rings is 4. The number of hydrogen-bond donors (Lipinski definition) is 0. The first kappa shape index (κ1) is 18.0. The number of ketones is 2. The van der Waals surface area contributed by atoms with Gasteiger partial charge in [-0.2, -0.15) is 0 Å². The van der Waals surface area contributed by atoms with E-state index in [-0.39, 0.29) is 11.6 Å². The monoisotopic (exact) mass is 386 g/mol. The molecule has 0 saturated heterocycles. The summed E-state index contributed by atoms with van der Waals surface area (Å²) in [4.78, 5) is 26.1. The first-order chi connectivity index (χ1) is 14.7. The van der Waals surface area contributed by atoms with Crippen molar-refractivity contribution in [2.45, 2.75) is 0 Å². The highest BCUT2D eigenvalue weighted by Gasteiger charge is 2.30. The van der Waals surface area contributed by atoms with Crippen LogP contribution in [0, 0.1) is 0 Å². The quantitative estimate of drug-likeness (QED) is 0.341. The molecule has 1 aliphatic rings. The fourth-order valence-corrected chi connectivity index (χ4v) is 4.01. The zero-order valence-corrected chi connectivity index (χ0v) is 16.2. The normalized spacial score (nSPS) is 12.7. The molecular formula is C28H18O2. The van der Waals surface area contributed by atoms with Gasteiger partial charge in [-0.05, 0) is 22.3 Å². The summed E-state index contributed by atoms with van der Waals surface area (Å²) in [7, 11) is 0. The van der Waals surface area contributed by atoms with E-state index < -0.39 is 0 Å². The second-order valence-electron chi connectivity index (χ2n) is 7.26. The lowest BCUT2D eigenvalue weighted by atomic mass is 9.81. The lowest BCUT2D eigenvalue weighted by molar-refractivity contribution is 0.0979. The Bertz CT molecular complexity index is 1310. The number of carbonyl (C=O) groups excluding carboxylic acids is 2. The van der Waals surface area contributed by atoms with Gasteiger partial charge in [-0.3, -0.25) is 9.59 Å². The molecule has 0 atom stereocenters. The number of fused-ring (bicyclic) bond motifs is 2. The summed E-state index contributed by atoms with van der Waals surface area (Å²) in [6.45, 7) is 0. The highest BCUT2D eigenvalue weighted by molar-refractivity contribution is 6.29. The Labute approximate surface area is 175 Å². The first-order valence-corrected chi connectivity index (χ1v) is 9.88.